The second-order valence-electron chi connectivity index (χ2n) is 6.51. The third kappa shape index (κ3) is 4.98. The number of hydrogen-bond donors (Lipinski definition) is 0. The summed E-state index contributed by atoms with van der Waals surface area (Å²) >= 11 is 3.57. The lowest BCUT2D eigenvalue weighted by atomic mass is 10.0. The van der Waals surface area contributed by atoms with Crippen LogP contribution in [-0.2, 0) is 6.61 Å². The minimum absolute atomic E-state index is 0.442. The maximum Gasteiger partial charge on any atom is 0.228 e. The molecule has 0 N–H and O–H groups in total. The van der Waals surface area contributed by atoms with Crippen LogP contribution in [0.2, 0.25) is 0 Å². The molecule has 0 fully saturated rings. The van der Waals surface area contributed by atoms with Crippen molar-refractivity contribution in [3.63, 3.8) is 0 Å². The first-order chi connectivity index (χ1) is 13.6. The van der Waals surface area contributed by atoms with Gasteiger partial charge in [0.05, 0.1) is 22.2 Å². The molecule has 144 valence electrons. The minimum atomic E-state index is 0.442. The summed E-state index contributed by atoms with van der Waals surface area (Å²) in [4.78, 5) is 11.1. The van der Waals surface area contributed by atoms with E-state index in [0.29, 0.717) is 12.5 Å². The van der Waals surface area contributed by atoms with Gasteiger partial charge >= 0.3 is 0 Å². The normalized spacial score (nSPS) is 11.0. The largest absolute Gasteiger partial charge is 0.472 e. The van der Waals surface area contributed by atoms with Crippen molar-refractivity contribution in [2.75, 3.05) is 13.6 Å². The lowest BCUT2D eigenvalue weighted by Crippen LogP contribution is -2.14. The third-order valence-electron chi connectivity index (χ3n) is 4.47. The van der Waals surface area contributed by atoms with E-state index in [2.05, 4.69) is 57.1 Å². The van der Waals surface area contributed by atoms with E-state index >= 15 is 0 Å². The number of benzene rings is 2. The summed E-state index contributed by atoms with van der Waals surface area (Å²) in [5, 5.41) is 0. The first-order valence-corrected chi connectivity index (χ1v) is 10.1. The summed E-state index contributed by atoms with van der Waals surface area (Å²) in [6, 6.07) is 20.6. The number of rotatable bonds is 7. The Labute approximate surface area is 175 Å². The highest BCUT2D eigenvalue weighted by molar-refractivity contribution is 9.10. The van der Waals surface area contributed by atoms with Gasteiger partial charge in [0.1, 0.15) is 6.61 Å². The summed E-state index contributed by atoms with van der Waals surface area (Å²) in [7, 11) is 1.99. The van der Waals surface area contributed by atoms with Crippen LogP contribution in [0, 0.1) is 6.92 Å². The van der Waals surface area contributed by atoms with Gasteiger partial charge in [-0.15, -0.1) is 0 Å². The van der Waals surface area contributed by atoms with Crippen LogP contribution in [0.3, 0.4) is 0 Å². The smallest absolute Gasteiger partial charge is 0.228 e. The Morgan fingerprint density at radius 2 is 1.82 bits per heavy atom. The van der Waals surface area contributed by atoms with Gasteiger partial charge in [-0.3, -0.25) is 0 Å². The number of aliphatic imine (C=N–C) groups is 1. The van der Waals surface area contributed by atoms with Crippen molar-refractivity contribution < 1.29 is 4.74 Å². The molecule has 2 aromatic carbocycles. The SMILES string of the molecule is CCN(C)/C=N/c1cc(Br)c(OCc2ccccc2-c2ccccc2)nc1C. The Hall–Kier alpha value is -2.66. The molecule has 0 spiro atoms. The second-order valence-corrected chi connectivity index (χ2v) is 7.36. The number of aryl methyl sites for hydroxylation is 1. The van der Waals surface area contributed by atoms with E-state index in [9.17, 15) is 0 Å². The molecule has 1 heterocycles. The zero-order valence-corrected chi connectivity index (χ0v) is 18.0. The molecule has 28 heavy (non-hydrogen) atoms. The first-order valence-electron chi connectivity index (χ1n) is 9.26. The van der Waals surface area contributed by atoms with Gasteiger partial charge < -0.3 is 9.64 Å². The average Bonchev–Trinajstić information content (AvgIpc) is 2.73. The van der Waals surface area contributed by atoms with Crippen molar-refractivity contribution in [3.05, 3.63) is 76.4 Å². The number of hydrogen-bond acceptors (Lipinski definition) is 3. The summed E-state index contributed by atoms with van der Waals surface area (Å²) in [5.41, 5.74) is 5.11. The van der Waals surface area contributed by atoms with Gasteiger partial charge in [0.25, 0.3) is 0 Å². The molecule has 0 atom stereocenters. The Kier molecular flexibility index (Phi) is 6.82. The van der Waals surface area contributed by atoms with Crippen molar-refractivity contribution in [2.45, 2.75) is 20.5 Å². The maximum atomic E-state index is 6.05. The fraction of sp³-hybridized carbons (Fsp3) is 0.217. The van der Waals surface area contributed by atoms with Crippen molar-refractivity contribution in [1.82, 2.24) is 9.88 Å². The molecule has 0 aliphatic rings. The van der Waals surface area contributed by atoms with E-state index in [4.69, 9.17) is 4.74 Å². The Balaban J connectivity index is 1.79. The predicted molar refractivity (Wildman–Crippen MR) is 119 cm³/mol. The molecule has 3 aromatic rings. The van der Waals surface area contributed by atoms with E-state index in [-0.39, 0.29) is 0 Å². The van der Waals surface area contributed by atoms with Crippen LogP contribution >= 0.6 is 15.9 Å². The maximum absolute atomic E-state index is 6.05. The number of pyridine rings is 1. The molecule has 0 radical (unpaired) electrons. The van der Waals surface area contributed by atoms with Gasteiger partial charge in [-0.25, -0.2) is 9.98 Å². The van der Waals surface area contributed by atoms with Crippen LogP contribution in [0.4, 0.5) is 5.69 Å². The van der Waals surface area contributed by atoms with Crippen LogP contribution in [0.25, 0.3) is 11.1 Å². The monoisotopic (exact) mass is 437 g/mol. The molecule has 0 aliphatic heterocycles. The quantitative estimate of drug-likeness (QED) is 0.335. The summed E-state index contributed by atoms with van der Waals surface area (Å²) < 4.78 is 6.84. The molecular weight excluding hydrogens is 414 g/mol. The van der Waals surface area contributed by atoms with Gasteiger partial charge in [-0.2, -0.15) is 0 Å². The number of halogens is 1. The van der Waals surface area contributed by atoms with Gasteiger partial charge in [-0.05, 0) is 52.5 Å². The predicted octanol–water partition coefficient (Wildman–Crippen LogP) is 6.01. The Bertz CT molecular complexity index is 957. The Morgan fingerprint density at radius 3 is 2.57 bits per heavy atom. The standard InChI is InChI=1S/C23H24BrN3O/c1-4-27(3)16-25-22-14-21(24)23(26-17(22)2)28-15-19-12-8-9-13-20(19)18-10-6-5-7-11-18/h5-14,16H,4,15H2,1-3H3/b25-16+. The van der Waals surface area contributed by atoms with Crippen LogP contribution in [-0.4, -0.2) is 29.8 Å². The molecule has 0 saturated carbocycles. The van der Waals surface area contributed by atoms with E-state index in [1.54, 1.807) is 0 Å². The van der Waals surface area contributed by atoms with Gasteiger partial charge in [0, 0.05) is 13.6 Å². The number of ether oxygens (including phenoxy) is 1. The highest BCUT2D eigenvalue weighted by atomic mass is 79.9. The van der Waals surface area contributed by atoms with Gasteiger partial charge in [-0.1, -0.05) is 54.6 Å². The third-order valence-corrected chi connectivity index (χ3v) is 5.04. The summed E-state index contributed by atoms with van der Waals surface area (Å²) in [6.07, 6.45) is 1.81. The van der Waals surface area contributed by atoms with Crippen LogP contribution in [0.5, 0.6) is 5.88 Å². The average molecular weight is 438 g/mol. The molecule has 0 bridgehead atoms. The minimum Gasteiger partial charge on any atom is -0.472 e. The van der Waals surface area contributed by atoms with E-state index in [1.165, 1.54) is 11.1 Å². The zero-order valence-electron chi connectivity index (χ0n) is 16.4. The van der Waals surface area contributed by atoms with Crippen molar-refractivity contribution in [1.29, 1.82) is 0 Å². The number of aromatic nitrogens is 1. The van der Waals surface area contributed by atoms with Gasteiger partial charge in [0.2, 0.25) is 5.88 Å². The molecule has 0 unspecified atom stereocenters. The van der Waals surface area contributed by atoms with E-state index in [0.717, 1.165) is 28.0 Å². The topological polar surface area (TPSA) is 37.7 Å². The molecule has 0 aliphatic carbocycles. The highest BCUT2D eigenvalue weighted by Crippen LogP contribution is 2.31. The van der Waals surface area contributed by atoms with E-state index < -0.39 is 0 Å². The van der Waals surface area contributed by atoms with Crippen molar-refractivity contribution >= 4 is 28.0 Å². The lowest BCUT2D eigenvalue weighted by Gasteiger charge is -2.13. The molecule has 1 aromatic heterocycles. The van der Waals surface area contributed by atoms with Gasteiger partial charge in [0.15, 0.2) is 0 Å². The van der Waals surface area contributed by atoms with Crippen LogP contribution in [0.1, 0.15) is 18.2 Å². The molecule has 0 saturated heterocycles. The lowest BCUT2D eigenvalue weighted by molar-refractivity contribution is 0.292. The Morgan fingerprint density at radius 1 is 1.11 bits per heavy atom. The molecule has 5 heteroatoms. The van der Waals surface area contributed by atoms with Crippen LogP contribution in [0.15, 0.2) is 70.1 Å². The second kappa shape index (κ2) is 9.51. The highest BCUT2D eigenvalue weighted by Gasteiger charge is 2.10. The molecular formula is C23H24BrN3O. The molecule has 0 amide bonds. The molecule has 4 nitrogen and oxygen atoms in total. The number of nitrogens with zero attached hydrogens (tertiary/aromatic N) is 3. The van der Waals surface area contributed by atoms with E-state index in [1.807, 2.05) is 61.6 Å². The van der Waals surface area contributed by atoms with Crippen LogP contribution < -0.4 is 4.74 Å². The van der Waals surface area contributed by atoms with Crippen molar-refractivity contribution in [2.24, 2.45) is 4.99 Å². The molecule has 3 rings (SSSR count). The fourth-order valence-electron chi connectivity index (χ4n) is 2.72. The van der Waals surface area contributed by atoms with Crippen molar-refractivity contribution in [3.8, 4) is 17.0 Å². The summed E-state index contributed by atoms with van der Waals surface area (Å²) in [5.74, 6) is 0.572. The summed E-state index contributed by atoms with van der Waals surface area (Å²) in [6.45, 7) is 5.36. The first kappa shape index (κ1) is 20.1. The zero-order chi connectivity index (χ0) is 19.9. The fourth-order valence-corrected chi connectivity index (χ4v) is 3.14.